The summed E-state index contributed by atoms with van der Waals surface area (Å²) in [7, 11) is 2.08. The molecule has 0 amide bonds. The molecule has 0 heterocycles. The smallest absolute Gasteiger partial charge is 0.0440 e. The van der Waals surface area contributed by atoms with Crippen molar-refractivity contribution < 1.29 is 0 Å². The van der Waals surface area contributed by atoms with E-state index in [-0.39, 0.29) is 0 Å². The summed E-state index contributed by atoms with van der Waals surface area (Å²) in [5.74, 6) is 2.51. The van der Waals surface area contributed by atoms with Crippen molar-refractivity contribution in [3.8, 4) is 0 Å². The van der Waals surface area contributed by atoms with Crippen LogP contribution >= 0.6 is 11.6 Å². The fourth-order valence-electron chi connectivity index (χ4n) is 3.98. The molecule has 0 aliphatic heterocycles. The highest BCUT2D eigenvalue weighted by atomic mass is 35.5. The number of nitrogens with one attached hydrogen (secondary N) is 1. The van der Waals surface area contributed by atoms with Crippen LogP contribution in [-0.2, 0) is 6.42 Å². The Morgan fingerprint density at radius 2 is 2.05 bits per heavy atom. The molecule has 1 aliphatic carbocycles. The molecule has 1 nitrogen and oxygen atoms in total. The van der Waals surface area contributed by atoms with Gasteiger partial charge in [-0.25, -0.2) is 0 Å². The van der Waals surface area contributed by atoms with Crippen molar-refractivity contribution in [2.24, 2.45) is 17.8 Å². The molecule has 1 aliphatic rings. The summed E-state index contributed by atoms with van der Waals surface area (Å²) in [4.78, 5) is 0. The Bertz CT molecular complexity index is 443. The highest BCUT2D eigenvalue weighted by molar-refractivity contribution is 6.31. The van der Waals surface area contributed by atoms with Gasteiger partial charge in [0.15, 0.2) is 0 Å². The van der Waals surface area contributed by atoms with Gasteiger partial charge in [0.1, 0.15) is 0 Å². The van der Waals surface area contributed by atoms with Gasteiger partial charge >= 0.3 is 0 Å². The van der Waals surface area contributed by atoms with E-state index in [1.54, 1.807) is 0 Å². The van der Waals surface area contributed by atoms with Gasteiger partial charge in [-0.1, -0.05) is 49.9 Å². The van der Waals surface area contributed by atoms with E-state index in [0.717, 1.165) is 35.7 Å². The van der Waals surface area contributed by atoms with Gasteiger partial charge in [0.2, 0.25) is 0 Å². The molecular weight excluding hydrogens is 278 g/mol. The van der Waals surface area contributed by atoms with Crippen LogP contribution in [0.5, 0.6) is 0 Å². The van der Waals surface area contributed by atoms with E-state index in [4.69, 9.17) is 11.6 Å². The normalized spacial score (nSPS) is 26.0. The summed E-state index contributed by atoms with van der Waals surface area (Å²) in [6, 6.07) is 6.54. The standard InChI is InChI=1S/C19H30ClN/c1-4-5-15-7-9-17(13-21-3)18(11-15)12-16-8-6-14(2)10-19(16)20/h6,8,10,15,17-18,21H,4-5,7,9,11-13H2,1-3H3. The maximum absolute atomic E-state index is 6.46. The minimum Gasteiger partial charge on any atom is -0.319 e. The van der Waals surface area contributed by atoms with Gasteiger partial charge < -0.3 is 5.32 Å². The Balaban J connectivity index is 2.07. The molecule has 0 spiro atoms. The predicted molar refractivity (Wildman–Crippen MR) is 93.0 cm³/mol. The van der Waals surface area contributed by atoms with E-state index >= 15 is 0 Å². The average molecular weight is 308 g/mol. The predicted octanol–water partition coefficient (Wildman–Crippen LogP) is 5.24. The van der Waals surface area contributed by atoms with Crippen LogP contribution in [-0.4, -0.2) is 13.6 Å². The van der Waals surface area contributed by atoms with Crippen LogP contribution in [0.3, 0.4) is 0 Å². The van der Waals surface area contributed by atoms with E-state index in [1.165, 1.54) is 43.2 Å². The molecule has 1 aromatic carbocycles. The first-order valence-electron chi connectivity index (χ1n) is 8.53. The van der Waals surface area contributed by atoms with Crippen molar-refractivity contribution in [3.63, 3.8) is 0 Å². The zero-order valence-corrected chi connectivity index (χ0v) is 14.5. The van der Waals surface area contributed by atoms with Crippen LogP contribution in [0.25, 0.3) is 0 Å². The minimum atomic E-state index is 0.781. The third kappa shape index (κ3) is 4.72. The summed E-state index contributed by atoms with van der Waals surface area (Å²) in [5, 5.41) is 4.35. The summed E-state index contributed by atoms with van der Waals surface area (Å²) in [6.07, 6.45) is 8.03. The van der Waals surface area contributed by atoms with Crippen molar-refractivity contribution >= 4 is 11.6 Å². The van der Waals surface area contributed by atoms with Gasteiger partial charge in [0.25, 0.3) is 0 Å². The zero-order chi connectivity index (χ0) is 15.2. The van der Waals surface area contributed by atoms with Gasteiger partial charge in [0, 0.05) is 5.02 Å². The fourth-order valence-corrected chi connectivity index (χ4v) is 4.29. The lowest BCUT2D eigenvalue weighted by Crippen LogP contribution is -2.33. The van der Waals surface area contributed by atoms with Gasteiger partial charge in [-0.3, -0.25) is 0 Å². The Hall–Kier alpha value is -0.530. The van der Waals surface area contributed by atoms with E-state index in [1.807, 2.05) is 0 Å². The van der Waals surface area contributed by atoms with E-state index in [9.17, 15) is 0 Å². The number of hydrogen-bond donors (Lipinski definition) is 1. The van der Waals surface area contributed by atoms with Gasteiger partial charge in [-0.15, -0.1) is 0 Å². The number of benzene rings is 1. The molecule has 21 heavy (non-hydrogen) atoms. The highest BCUT2D eigenvalue weighted by Gasteiger charge is 2.30. The largest absolute Gasteiger partial charge is 0.319 e. The topological polar surface area (TPSA) is 12.0 Å². The lowest BCUT2D eigenvalue weighted by molar-refractivity contribution is 0.169. The number of hydrogen-bond acceptors (Lipinski definition) is 1. The molecule has 3 unspecified atom stereocenters. The molecule has 1 saturated carbocycles. The number of rotatable bonds is 6. The van der Waals surface area contributed by atoms with Crippen molar-refractivity contribution in [2.45, 2.75) is 52.4 Å². The molecule has 0 saturated heterocycles. The SMILES string of the molecule is CCCC1CCC(CNC)C(Cc2ccc(C)cc2Cl)C1. The fraction of sp³-hybridized carbons (Fsp3) is 0.684. The maximum atomic E-state index is 6.46. The minimum absolute atomic E-state index is 0.781. The third-order valence-electron chi connectivity index (χ3n) is 5.10. The zero-order valence-electron chi connectivity index (χ0n) is 13.8. The Morgan fingerprint density at radius 1 is 1.24 bits per heavy atom. The monoisotopic (exact) mass is 307 g/mol. The second-order valence-electron chi connectivity index (χ2n) is 6.84. The molecule has 0 aromatic heterocycles. The first kappa shape index (κ1) is 16.8. The Kier molecular flexibility index (Phi) is 6.57. The van der Waals surface area contributed by atoms with E-state index < -0.39 is 0 Å². The average Bonchev–Trinajstić information content (AvgIpc) is 2.45. The van der Waals surface area contributed by atoms with Crippen molar-refractivity contribution in [1.29, 1.82) is 0 Å². The first-order chi connectivity index (χ1) is 10.1. The first-order valence-corrected chi connectivity index (χ1v) is 8.91. The van der Waals surface area contributed by atoms with Crippen LogP contribution in [0.2, 0.25) is 5.02 Å². The summed E-state index contributed by atoms with van der Waals surface area (Å²) in [6.45, 7) is 5.57. The summed E-state index contributed by atoms with van der Waals surface area (Å²) >= 11 is 6.46. The lowest BCUT2D eigenvalue weighted by Gasteiger charge is -2.36. The highest BCUT2D eigenvalue weighted by Crippen LogP contribution is 2.38. The number of halogens is 1. The molecule has 1 N–H and O–H groups in total. The molecule has 0 radical (unpaired) electrons. The summed E-state index contributed by atoms with van der Waals surface area (Å²) in [5.41, 5.74) is 2.59. The van der Waals surface area contributed by atoms with Crippen LogP contribution in [0.4, 0.5) is 0 Å². The number of aryl methyl sites for hydroxylation is 1. The second-order valence-corrected chi connectivity index (χ2v) is 7.25. The molecule has 1 aromatic rings. The molecule has 0 bridgehead atoms. The van der Waals surface area contributed by atoms with E-state index in [2.05, 4.69) is 44.4 Å². The molecular formula is C19H30ClN. The van der Waals surface area contributed by atoms with Crippen LogP contribution < -0.4 is 5.32 Å². The third-order valence-corrected chi connectivity index (χ3v) is 5.45. The molecule has 2 heteroatoms. The van der Waals surface area contributed by atoms with E-state index in [0.29, 0.717) is 0 Å². The van der Waals surface area contributed by atoms with Gasteiger partial charge in [0.05, 0.1) is 0 Å². The van der Waals surface area contributed by atoms with Crippen molar-refractivity contribution in [3.05, 3.63) is 34.3 Å². The lowest BCUT2D eigenvalue weighted by atomic mass is 9.70. The summed E-state index contributed by atoms with van der Waals surface area (Å²) < 4.78 is 0. The van der Waals surface area contributed by atoms with Crippen molar-refractivity contribution in [1.82, 2.24) is 5.32 Å². The van der Waals surface area contributed by atoms with Gasteiger partial charge in [-0.2, -0.15) is 0 Å². The molecule has 3 atom stereocenters. The second kappa shape index (κ2) is 8.19. The van der Waals surface area contributed by atoms with Crippen LogP contribution in [0, 0.1) is 24.7 Å². The van der Waals surface area contributed by atoms with Gasteiger partial charge in [-0.05, 0) is 74.7 Å². The Morgan fingerprint density at radius 3 is 2.71 bits per heavy atom. The molecule has 1 fully saturated rings. The van der Waals surface area contributed by atoms with Crippen LogP contribution in [0.15, 0.2) is 18.2 Å². The van der Waals surface area contributed by atoms with Crippen molar-refractivity contribution in [2.75, 3.05) is 13.6 Å². The quantitative estimate of drug-likeness (QED) is 0.757. The molecule has 2 rings (SSSR count). The maximum Gasteiger partial charge on any atom is 0.0440 e. The Labute approximate surface area is 135 Å². The van der Waals surface area contributed by atoms with Crippen LogP contribution in [0.1, 0.15) is 50.2 Å². The molecule has 118 valence electrons.